The van der Waals surface area contributed by atoms with E-state index >= 15 is 0 Å². The van der Waals surface area contributed by atoms with Crippen LogP contribution in [-0.4, -0.2) is 14.1 Å². The van der Waals surface area contributed by atoms with Gasteiger partial charge in [0, 0.05) is 43.6 Å². The zero-order chi connectivity index (χ0) is 30.5. The van der Waals surface area contributed by atoms with Gasteiger partial charge in [-0.15, -0.1) is 29.7 Å². The molecule has 5 nitrogen and oxygen atoms in total. The van der Waals surface area contributed by atoms with Crippen LogP contribution in [0.4, 0.5) is 0 Å². The SMILES string of the molecule is [2H]C([2H])([2H])[n+]1[c-]n(-c2[c-]c(Oc3[c-]c4c(cc3)c3ccccc3n4-c3cccc(-c4ccccc4)n3)ccc2)c2ccccc21.[Pt]. The summed E-state index contributed by atoms with van der Waals surface area (Å²) >= 11 is 0. The number of ether oxygens (including phenoxy) is 1. The number of nitrogens with zero attached hydrogens (tertiary/aromatic N) is 4. The monoisotopic (exact) mass is 738 g/mol. The zero-order valence-corrected chi connectivity index (χ0v) is 24.9. The Morgan fingerprint density at radius 1 is 0.698 bits per heavy atom. The molecular weight excluding hydrogens is 712 g/mol. The Morgan fingerprint density at radius 2 is 1.47 bits per heavy atom. The van der Waals surface area contributed by atoms with Gasteiger partial charge in [-0.2, -0.15) is 18.2 Å². The number of aromatic nitrogens is 4. The molecule has 0 atom stereocenters. The fourth-order valence-electron chi connectivity index (χ4n) is 5.47. The van der Waals surface area contributed by atoms with Crippen molar-refractivity contribution in [1.29, 1.82) is 0 Å². The van der Waals surface area contributed by atoms with E-state index in [1.54, 1.807) is 10.6 Å². The minimum atomic E-state index is -2.38. The molecule has 0 aliphatic rings. The van der Waals surface area contributed by atoms with Gasteiger partial charge in [0.25, 0.3) is 0 Å². The van der Waals surface area contributed by atoms with E-state index in [1.807, 2.05) is 97.1 Å². The number of fused-ring (bicyclic) bond motifs is 4. The third-order valence-corrected chi connectivity index (χ3v) is 7.37. The first kappa shape index (κ1) is 23.6. The molecule has 0 fully saturated rings. The summed E-state index contributed by atoms with van der Waals surface area (Å²) in [5, 5.41) is 2.12. The van der Waals surface area contributed by atoms with Gasteiger partial charge in [0.15, 0.2) is 0 Å². The number of pyridine rings is 1. The first-order valence-electron chi connectivity index (χ1n) is 15.1. The van der Waals surface area contributed by atoms with E-state index in [9.17, 15) is 0 Å². The number of hydrogen-bond acceptors (Lipinski definition) is 2. The van der Waals surface area contributed by atoms with Crippen LogP contribution >= 0.6 is 0 Å². The van der Waals surface area contributed by atoms with Gasteiger partial charge in [0.1, 0.15) is 5.82 Å². The first-order chi connectivity index (χ1) is 21.9. The molecule has 0 bridgehead atoms. The second-order valence-electron chi connectivity index (χ2n) is 9.95. The second-order valence-corrected chi connectivity index (χ2v) is 9.95. The number of hydrogen-bond donors (Lipinski definition) is 0. The van der Waals surface area contributed by atoms with Gasteiger partial charge in [-0.25, -0.2) is 4.98 Å². The van der Waals surface area contributed by atoms with Gasteiger partial charge in [0.2, 0.25) is 6.33 Å². The molecule has 0 amide bonds. The van der Waals surface area contributed by atoms with Crippen molar-refractivity contribution in [2.24, 2.45) is 6.98 Å². The van der Waals surface area contributed by atoms with Crippen molar-refractivity contribution in [3.05, 3.63) is 146 Å². The molecule has 3 aromatic heterocycles. The minimum Gasteiger partial charge on any atom is -0.510 e. The number of rotatable bonds is 5. The number of imidazole rings is 1. The summed E-state index contributed by atoms with van der Waals surface area (Å²) in [6.45, 7) is -2.38. The third-order valence-electron chi connectivity index (χ3n) is 7.37. The summed E-state index contributed by atoms with van der Waals surface area (Å²) in [7, 11) is 0. The molecule has 0 saturated carbocycles. The smallest absolute Gasteiger partial charge is 0.242 e. The average Bonchev–Trinajstić information content (AvgIpc) is 3.62. The molecule has 0 N–H and O–H groups in total. The van der Waals surface area contributed by atoms with Crippen molar-refractivity contribution in [2.45, 2.75) is 0 Å². The average molecular weight is 739 g/mol. The molecular formula is C37H24N4OPt-2. The molecule has 0 aliphatic heterocycles. The van der Waals surface area contributed by atoms with Crippen molar-refractivity contribution in [3.8, 4) is 34.3 Å². The maximum atomic E-state index is 7.97. The Kier molecular flexibility index (Phi) is 6.03. The topological polar surface area (TPSA) is 35.9 Å². The van der Waals surface area contributed by atoms with Crippen LogP contribution in [0.15, 0.2) is 127 Å². The van der Waals surface area contributed by atoms with Gasteiger partial charge in [-0.1, -0.05) is 90.1 Å². The number of aryl methyl sites for hydroxylation is 1. The van der Waals surface area contributed by atoms with Gasteiger partial charge in [0.05, 0.1) is 27.8 Å². The van der Waals surface area contributed by atoms with E-state index < -0.39 is 6.98 Å². The molecule has 3 heterocycles. The summed E-state index contributed by atoms with van der Waals surface area (Å²) < 4.78 is 35.2. The van der Waals surface area contributed by atoms with Crippen LogP contribution in [0.5, 0.6) is 11.5 Å². The second kappa shape index (κ2) is 11.0. The Balaban J connectivity index is 0.00000338. The van der Waals surface area contributed by atoms with E-state index in [0.29, 0.717) is 28.2 Å². The largest absolute Gasteiger partial charge is 0.510 e. The van der Waals surface area contributed by atoms with Crippen LogP contribution in [0.3, 0.4) is 0 Å². The van der Waals surface area contributed by atoms with E-state index in [1.165, 1.54) is 4.57 Å². The Labute approximate surface area is 267 Å². The zero-order valence-electron chi connectivity index (χ0n) is 25.6. The van der Waals surface area contributed by atoms with E-state index in [-0.39, 0.29) is 21.1 Å². The van der Waals surface area contributed by atoms with Crippen molar-refractivity contribution in [3.63, 3.8) is 0 Å². The van der Waals surface area contributed by atoms with Crippen molar-refractivity contribution in [1.82, 2.24) is 14.1 Å². The molecule has 6 heteroatoms. The molecule has 0 aliphatic carbocycles. The molecule has 0 radical (unpaired) electrons. The summed E-state index contributed by atoms with van der Waals surface area (Å²) in [5.74, 6) is 1.75. The van der Waals surface area contributed by atoms with Crippen LogP contribution < -0.4 is 9.30 Å². The standard InChI is InChI=1S/C37H24N4O.Pt/c1-39-25-40(35-19-8-7-18-34(35)39)27-13-9-14-28(23-27)42-29-21-22-31-30-15-5-6-17-33(30)41(36(31)24-29)37-20-10-16-32(38-37)26-11-3-2-4-12-26;/h2-22H,1H3;/q-2;/i1D3;. The Morgan fingerprint density at radius 3 is 2.35 bits per heavy atom. The molecule has 0 saturated heterocycles. The molecule has 0 spiro atoms. The molecule has 0 unspecified atom stereocenters. The molecule has 210 valence electrons. The van der Waals surface area contributed by atoms with Gasteiger partial charge in [-0.3, -0.25) is 0 Å². The van der Waals surface area contributed by atoms with Crippen molar-refractivity contribution in [2.75, 3.05) is 0 Å². The molecule has 8 aromatic rings. The van der Waals surface area contributed by atoms with Gasteiger partial charge >= 0.3 is 0 Å². The summed E-state index contributed by atoms with van der Waals surface area (Å²) in [6.07, 6.45) is 2.98. The molecule has 8 rings (SSSR count). The summed E-state index contributed by atoms with van der Waals surface area (Å²) in [5.41, 5.74) is 5.63. The van der Waals surface area contributed by atoms with Crippen LogP contribution in [0, 0.1) is 18.5 Å². The Hall–Kier alpha value is -4.99. The van der Waals surface area contributed by atoms with Crippen LogP contribution in [0.1, 0.15) is 4.11 Å². The molecule has 5 aromatic carbocycles. The van der Waals surface area contributed by atoms with E-state index in [2.05, 4.69) is 47.3 Å². The fraction of sp³-hybridized carbons (Fsp3) is 0.0270. The third kappa shape index (κ3) is 4.72. The molecule has 43 heavy (non-hydrogen) atoms. The van der Waals surface area contributed by atoms with Crippen molar-refractivity contribution < 1.29 is 34.5 Å². The fourth-order valence-corrected chi connectivity index (χ4v) is 5.47. The predicted molar refractivity (Wildman–Crippen MR) is 165 cm³/mol. The van der Waals surface area contributed by atoms with Gasteiger partial charge < -0.3 is 18.4 Å². The quantitative estimate of drug-likeness (QED) is 0.134. The van der Waals surface area contributed by atoms with Crippen molar-refractivity contribution >= 4 is 32.8 Å². The van der Waals surface area contributed by atoms with Crippen LogP contribution in [0.2, 0.25) is 0 Å². The summed E-state index contributed by atoms with van der Waals surface area (Å²) in [4.78, 5) is 5.04. The van der Waals surface area contributed by atoms with Gasteiger partial charge in [-0.05, 0) is 23.6 Å². The number of benzene rings is 5. The number of para-hydroxylation sites is 3. The maximum Gasteiger partial charge on any atom is 0.242 e. The predicted octanol–water partition coefficient (Wildman–Crippen LogP) is 7.80. The van der Waals surface area contributed by atoms with Crippen LogP contribution in [0.25, 0.3) is 55.6 Å². The normalized spacial score (nSPS) is 12.5. The van der Waals surface area contributed by atoms with E-state index in [4.69, 9.17) is 13.8 Å². The Bertz CT molecular complexity index is 2360. The van der Waals surface area contributed by atoms with E-state index in [0.717, 1.165) is 38.9 Å². The first-order valence-corrected chi connectivity index (χ1v) is 13.6. The minimum absolute atomic E-state index is 0. The van der Waals surface area contributed by atoms with Crippen LogP contribution in [-0.2, 0) is 28.0 Å². The summed E-state index contributed by atoms with van der Waals surface area (Å²) in [6, 6.07) is 47.9. The maximum absolute atomic E-state index is 7.97.